The summed E-state index contributed by atoms with van der Waals surface area (Å²) in [6.45, 7) is 0. The van der Waals surface area contributed by atoms with Crippen molar-refractivity contribution in [2.24, 2.45) is 0 Å². The van der Waals surface area contributed by atoms with E-state index in [-0.39, 0.29) is 11.0 Å². The van der Waals surface area contributed by atoms with Crippen LogP contribution in [0.25, 0.3) is 11.3 Å². The van der Waals surface area contributed by atoms with Gasteiger partial charge in [-0.25, -0.2) is 4.98 Å². The lowest BCUT2D eigenvalue weighted by atomic mass is 9.62. The van der Waals surface area contributed by atoms with Gasteiger partial charge in [0.05, 0.1) is 17.0 Å². The van der Waals surface area contributed by atoms with Crippen LogP contribution in [0.2, 0.25) is 0 Å². The number of benzene rings is 2. The Labute approximate surface area is 207 Å². The molecular weight excluding hydrogens is 436 g/mol. The molecule has 176 valence electrons. The van der Waals surface area contributed by atoms with Crippen LogP contribution in [0.4, 0.5) is 0 Å². The third-order valence-corrected chi connectivity index (χ3v) is 9.39. The average Bonchev–Trinajstić information content (AvgIpc) is 2.89. The third-order valence-electron chi connectivity index (χ3n) is 8.38. The van der Waals surface area contributed by atoms with Gasteiger partial charge in [0.15, 0.2) is 0 Å². The second-order valence-corrected chi connectivity index (χ2v) is 11.5. The Hall–Kier alpha value is -2.33. The van der Waals surface area contributed by atoms with Gasteiger partial charge in [0, 0.05) is 21.9 Å². The molecule has 0 amide bonds. The Morgan fingerprint density at radius 1 is 0.882 bits per heavy atom. The molecule has 6 rings (SSSR count). The summed E-state index contributed by atoms with van der Waals surface area (Å²) in [6.07, 6.45) is 12.9. The molecule has 0 saturated heterocycles. The summed E-state index contributed by atoms with van der Waals surface area (Å²) in [5.41, 5.74) is 4.84. The highest BCUT2D eigenvalue weighted by atomic mass is 32.2. The first-order valence-corrected chi connectivity index (χ1v) is 14.2. The molecule has 34 heavy (non-hydrogen) atoms. The first-order valence-electron chi connectivity index (χ1n) is 13.2. The zero-order valence-electron chi connectivity index (χ0n) is 20.0. The summed E-state index contributed by atoms with van der Waals surface area (Å²) in [7, 11) is 0. The van der Waals surface area contributed by atoms with Crippen LogP contribution in [0.15, 0.2) is 64.3 Å². The fraction of sp³-hybridized carbons (Fsp3) is 0.467. The predicted molar refractivity (Wildman–Crippen MR) is 141 cm³/mol. The topological polar surface area (TPSA) is 34.9 Å². The molecule has 2 aromatic carbocycles. The molecule has 3 aromatic rings. The second kappa shape index (κ2) is 9.37. The molecular formula is C30H34N2OS. The summed E-state index contributed by atoms with van der Waals surface area (Å²) < 4.78 is 2.16. The molecule has 3 aliphatic rings. The van der Waals surface area contributed by atoms with Gasteiger partial charge in [0.2, 0.25) is 0 Å². The van der Waals surface area contributed by atoms with Crippen molar-refractivity contribution < 1.29 is 0 Å². The third kappa shape index (κ3) is 3.94. The van der Waals surface area contributed by atoms with Crippen LogP contribution in [0, 0.1) is 0 Å². The number of rotatable bonds is 4. The van der Waals surface area contributed by atoms with Crippen molar-refractivity contribution in [2.75, 3.05) is 0 Å². The van der Waals surface area contributed by atoms with Gasteiger partial charge in [-0.1, -0.05) is 81.0 Å². The van der Waals surface area contributed by atoms with Gasteiger partial charge >= 0.3 is 0 Å². The zero-order chi connectivity index (χ0) is 23.0. The van der Waals surface area contributed by atoms with Crippen molar-refractivity contribution >= 4 is 11.8 Å². The Balaban J connectivity index is 1.53. The van der Waals surface area contributed by atoms with Crippen molar-refractivity contribution in [2.45, 2.75) is 92.7 Å². The Bertz CT molecular complexity index is 1220. The van der Waals surface area contributed by atoms with Crippen LogP contribution in [0.3, 0.4) is 0 Å². The fourth-order valence-corrected chi connectivity index (χ4v) is 7.60. The molecule has 3 aliphatic carbocycles. The van der Waals surface area contributed by atoms with E-state index in [0.717, 1.165) is 54.9 Å². The minimum Gasteiger partial charge on any atom is -0.293 e. The van der Waals surface area contributed by atoms with Crippen molar-refractivity contribution in [3.05, 3.63) is 81.9 Å². The molecule has 4 heteroatoms. The molecule has 2 fully saturated rings. The fourth-order valence-electron chi connectivity index (χ4n) is 6.75. The average molecular weight is 471 g/mol. The van der Waals surface area contributed by atoms with Gasteiger partial charge in [-0.3, -0.25) is 9.36 Å². The standard InChI is InChI=1S/C30H34N2OS/c33-29-27-28(25-17-9-8-12-22(25)20-30(27)18-10-3-11-19-30)31-26(21-34-24-15-6-2-7-16-24)32(29)23-13-4-1-5-14-23/h2,6-9,12,15-17,23H,1,3-5,10-11,13-14,18-21H2. The Morgan fingerprint density at radius 3 is 2.38 bits per heavy atom. The zero-order valence-corrected chi connectivity index (χ0v) is 20.8. The maximum Gasteiger partial charge on any atom is 0.258 e. The highest BCUT2D eigenvalue weighted by Crippen LogP contribution is 2.49. The Kier molecular flexibility index (Phi) is 6.11. The molecule has 0 bridgehead atoms. The van der Waals surface area contributed by atoms with Crippen molar-refractivity contribution in [1.82, 2.24) is 9.55 Å². The maximum absolute atomic E-state index is 14.5. The summed E-state index contributed by atoms with van der Waals surface area (Å²) >= 11 is 1.80. The Morgan fingerprint density at radius 2 is 1.59 bits per heavy atom. The van der Waals surface area contributed by atoms with E-state index in [0.29, 0.717) is 6.04 Å². The van der Waals surface area contributed by atoms with Crippen LogP contribution >= 0.6 is 11.8 Å². The van der Waals surface area contributed by atoms with Gasteiger partial charge in [0.1, 0.15) is 5.82 Å². The summed E-state index contributed by atoms with van der Waals surface area (Å²) in [5.74, 6) is 1.70. The minimum absolute atomic E-state index is 0.0342. The van der Waals surface area contributed by atoms with E-state index in [4.69, 9.17) is 4.98 Å². The SMILES string of the molecule is O=c1c2c(nc(CSc3ccccc3)n1C1CCCCC1)-c1ccccc1CC21CCCCC1. The molecule has 1 spiro atoms. The lowest BCUT2D eigenvalue weighted by Gasteiger charge is -2.42. The molecule has 0 radical (unpaired) electrons. The molecule has 2 saturated carbocycles. The van der Waals surface area contributed by atoms with Gasteiger partial charge in [-0.2, -0.15) is 0 Å². The monoisotopic (exact) mass is 470 g/mol. The highest BCUT2D eigenvalue weighted by molar-refractivity contribution is 7.98. The lowest BCUT2D eigenvalue weighted by Crippen LogP contribution is -2.44. The largest absolute Gasteiger partial charge is 0.293 e. The van der Waals surface area contributed by atoms with E-state index < -0.39 is 0 Å². The number of nitrogens with zero attached hydrogens (tertiary/aromatic N) is 2. The van der Waals surface area contributed by atoms with E-state index in [9.17, 15) is 4.79 Å². The first kappa shape index (κ1) is 22.2. The quantitative estimate of drug-likeness (QED) is 0.371. The van der Waals surface area contributed by atoms with Gasteiger partial charge in [-0.15, -0.1) is 11.8 Å². The summed E-state index contributed by atoms with van der Waals surface area (Å²) in [5, 5.41) is 0. The normalized spacial score (nSPS) is 19.5. The van der Waals surface area contributed by atoms with E-state index >= 15 is 0 Å². The summed E-state index contributed by atoms with van der Waals surface area (Å²) in [6, 6.07) is 19.5. The van der Waals surface area contributed by atoms with E-state index in [1.807, 2.05) is 0 Å². The van der Waals surface area contributed by atoms with Gasteiger partial charge in [-0.05, 0) is 49.8 Å². The highest BCUT2D eigenvalue weighted by Gasteiger charge is 2.43. The predicted octanol–water partition coefficient (Wildman–Crippen LogP) is 7.47. The van der Waals surface area contributed by atoms with Crippen molar-refractivity contribution in [3.63, 3.8) is 0 Å². The summed E-state index contributed by atoms with van der Waals surface area (Å²) in [4.78, 5) is 21.2. The van der Waals surface area contributed by atoms with Crippen LogP contribution in [-0.4, -0.2) is 9.55 Å². The lowest BCUT2D eigenvalue weighted by molar-refractivity contribution is 0.276. The maximum atomic E-state index is 14.5. The number of hydrogen-bond acceptors (Lipinski definition) is 3. The number of aromatic nitrogens is 2. The molecule has 3 nitrogen and oxygen atoms in total. The van der Waals surface area contributed by atoms with Crippen LogP contribution in [0.1, 0.15) is 87.2 Å². The van der Waals surface area contributed by atoms with E-state index in [1.54, 1.807) is 11.8 Å². The van der Waals surface area contributed by atoms with Crippen LogP contribution in [0.5, 0.6) is 0 Å². The molecule has 0 atom stereocenters. The molecule has 0 unspecified atom stereocenters. The van der Waals surface area contributed by atoms with E-state index in [1.165, 1.54) is 54.5 Å². The molecule has 1 aromatic heterocycles. The van der Waals surface area contributed by atoms with Crippen LogP contribution < -0.4 is 5.56 Å². The second-order valence-electron chi connectivity index (χ2n) is 10.5. The first-order chi connectivity index (χ1) is 16.8. The van der Waals surface area contributed by atoms with Gasteiger partial charge in [0.25, 0.3) is 5.56 Å². The molecule has 0 aliphatic heterocycles. The number of fused-ring (bicyclic) bond motifs is 4. The van der Waals surface area contributed by atoms with Crippen molar-refractivity contribution in [1.29, 1.82) is 0 Å². The number of thioether (sulfide) groups is 1. The van der Waals surface area contributed by atoms with Crippen LogP contribution in [-0.2, 0) is 17.6 Å². The van der Waals surface area contributed by atoms with Gasteiger partial charge < -0.3 is 0 Å². The smallest absolute Gasteiger partial charge is 0.258 e. The molecule has 0 N–H and O–H groups in total. The number of hydrogen-bond donors (Lipinski definition) is 0. The minimum atomic E-state index is -0.0342. The van der Waals surface area contributed by atoms with Crippen molar-refractivity contribution in [3.8, 4) is 11.3 Å². The molecule has 1 heterocycles. The van der Waals surface area contributed by atoms with E-state index in [2.05, 4.69) is 59.2 Å².